The topological polar surface area (TPSA) is 118 Å². The molecule has 47 heavy (non-hydrogen) atoms. The van der Waals surface area contributed by atoms with Gasteiger partial charge in [0.25, 0.3) is 0 Å². The highest BCUT2D eigenvalue weighted by Gasteiger charge is 2.28. The van der Waals surface area contributed by atoms with E-state index in [0.29, 0.717) is 17.9 Å². The van der Waals surface area contributed by atoms with Gasteiger partial charge >= 0.3 is 13.8 Å². The fourth-order valence-electron chi connectivity index (χ4n) is 4.92. The number of hydrogen-bond donors (Lipinski definition) is 3. The van der Waals surface area contributed by atoms with Crippen LogP contribution in [0.15, 0.2) is 53.4 Å². The Morgan fingerprint density at radius 2 is 1.49 bits per heavy atom. The number of hydrogen-bond acceptors (Lipinski definition) is 5. The monoisotopic (exact) mass is 704 g/mol. The Balaban J connectivity index is 1.79. The number of rotatable bonds is 24. The zero-order chi connectivity index (χ0) is 34.5. The van der Waals surface area contributed by atoms with Gasteiger partial charge in [-0.1, -0.05) is 108 Å². The van der Waals surface area contributed by atoms with E-state index in [2.05, 4.69) is 17.2 Å². The minimum absolute atomic E-state index is 0.0128. The normalized spacial score (nSPS) is 13.0. The number of carbonyl (C=O) groups excluding carboxylic acids is 1. The van der Waals surface area contributed by atoms with Crippen LogP contribution in [0.4, 0.5) is 13.2 Å². The predicted molar refractivity (Wildman–Crippen MR) is 178 cm³/mol. The van der Waals surface area contributed by atoms with Gasteiger partial charge in [0.1, 0.15) is 22.9 Å². The molecule has 1 heterocycles. The van der Waals surface area contributed by atoms with E-state index < -0.39 is 31.2 Å². The van der Waals surface area contributed by atoms with Gasteiger partial charge in [-0.3, -0.25) is 14.3 Å². The average Bonchev–Trinajstić information content (AvgIpc) is 3.01. The fourth-order valence-corrected chi connectivity index (χ4v) is 5.45. The second-order valence-corrected chi connectivity index (χ2v) is 14.0. The predicted octanol–water partition coefficient (Wildman–Crippen LogP) is 9.37. The van der Waals surface area contributed by atoms with Crippen LogP contribution < -0.4 is 14.8 Å². The maximum Gasteiger partial charge on any atom is 0.422 e. The lowest BCUT2D eigenvalue weighted by Crippen LogP contribution is -2.35. The van der Waals surface area contributed by atoms with Crippen molar-refractivity contribution < 1.29 is 41.8 Å². The number of benzene rings is 1. The molecule has 0 aliphatic carbocycles. The van der Waals surface area contributed by atoms with Crippen molar-refractivity contribution in [1.29, 1.82) is 0 Å². The fraction of sp³-hybridized carbons (Fsp3) is 0.588. The first-order chi connectivity index (χ1) is 22.4. The Morgan fingerprint density at radius 3 is 2.04 bits per heavy atom. The highest BCUT2D eigenvalue weighted by Crippen LogP contribution is 2.47. The van der Waals surface area contributed by atoms with E-state index in [1.165, 1.54) is 82.2 Å². The molecule has 0 fully saturated rings. The van der Waals surface area contributed by atoms with Gasteiger partial charge in [-0.05, 0) is 42.7 Å². The molecule has 0 bridgehead atoms. The van der Waals surface area contributed by atoms with Crippen molar-refractivity contribution in [2.24, 2.45) is 0 Å². The second-order valence-electron chi connectivity index (χ2n) is 11.7. The Morgan fingerprint density at radius 1 is 0.915 bits per heavy atom. The first kappa shape index (κ1) is 40.6. The molecule has 3 N–H and O–H groups in total. The number of unbranched alkanes of at least 4 members (excludes halogenated alkanes) is 12. The van der Waals surface area contributed by atoms with Gasteiger partial charge in [-0.25, -0.2) is 0 Å². The summed E-state index contributed by atoms with van der Waals surface area (Å²) in [7, 11) is -4.69. The number of halogens is 4. The number of pyridine rings is 1. The Bertz CT molecular complexity index is 1260. The van der Waals surface area contributed by atoms with E-state index in [1.807, 2.05) is 0 Å². The molecule has 13 heteroatoms. The average molecular weight is 705 g/mol. The van der Waals surface area contributed by atoms with Gasteiger partial charge < -0.3 is 24.6 Å². The third-order valence-corrected chi connectivity index (χ3v) is 8.92. The van der Waals surface area contributed by atoms with E-state index in [9.17, 15) is 32.3 Å². The Labute approximate surface area is 281 Å². The second kappa shape index (κ2) is 22.1. The lowest BCUT2D eigenvalue weighted by atomic mass is 10.0. The summed E-state index contributed by atoms with van der Waals surface area (Å²) in [5.74, 6) is 0.262. The van der Waals surface area contributed by atoms with Gasteiger partial charge in [0.2, 0.25) is 5.91 Å². The summed E-state index contributed by atoms with van der Waals surface area (Å²) in [6.45, 7) is 0.808. The van der Waals surface area contributed by atoms with E-state index in [1.54, 1.807) is 24.3 Å². The molecule has 0 aliphatic rings. The van der Waals surface area contributed by atoms with Crippen LogP contribution in [0, 0.1) is 0 Å². The Hall–Kier alpha value is -2.59. The molecule has 2 aromatic rings. The molecule has 0 aliphatic heterocycles. The van der Waals surface area contributed by atoms with Gasteiger partial charge in [-0.15, -0.1) is 0 Å². The summed E-state index contributed by atoms with van der Waals surface area (Å²) < 4.78 is 58.7. The molecule has 1 amide bonds. The first-order valence-electron chi connectivity index (χ1n) is 16.4. The van der Waals surface area contributed by atoms with Crippen LogP contribution in [-0.4, -0.2) is 39.5 Å². The number of amides is 1. The zero-order valence-corrected chi connectivity index (χ0v) is 28.8. The van der Waals surface area contributed by atoms with Crippen LogP contribution in [0.3, 0.4) is 0 Å². The molecule has 0 radical (unpaired) electrons. The van der Waals surface area contributed by atoms with Crippen molar-refractivity contribution in [3.05, 3.63) is 64.7 Å². The number of ether oxygens (including phenoxy) is 2. The van der Waals surface area contributed by atoms with E-state index >= 15 is 0 Å². The molecule has 264 valence electrons. The summed E-state index contributed by atoms with van der Waals surface area (Å²) in [5, 5.41) is 2.83. The van der Waals surface area contributed by atoms with E-state index in [0.717, 1.165) is 31.2 Å². The molecular weight excluding hydrogens is 656 g/mol. The van der Waals surface area contributed by atoms with Crippen molar-refractivity contribution in [2.75, 3.05) is 6.61 Å². The smallest absolute Gasteiger partial charge is 0.422 e. The maximum absolute atomic E-state index is 12.7. The Kier molecular flexibility index (Phi) is 19.1. The molecule has 0 unspecified atom stereocenters. The summed E-state index contributed by atoms with van der Waals surface area (Å²) in [5.41, 5.74) is 1.12. The van der Waals surface area contributed by atoms with E-state index in [4.69, 9.17) is 21.1 Å². The zero-order valence-electron chi connectivity index (χ0n) is 27.2. The molecule has 1 atom stereocenters. The summed E-state index contributed by atoms with van der Waals surface area (Å²) in [6, 6.07) is 8.74. The van der Waals surface area contributed by atoms with Gasteiger partial charge in [0, 0.05) is 18.7 Å². The maximum atomic E-state index is 12.7. The van der Waals surface area contributed by atoms with Crippen molar-refractivity contribution in [3.8, 4) is 11.5 Å². The third kappa shape index (κ3) is 19.7. The molecule has 1 aromatic heterocycles. The van der Waals surface area contributed by atoms with Crippen LogP contribution in [0.5, 0.6) is 11.5 Å². The van der Waals surface area contributed by atoms with Crippen LogP contribution in [0.1, 0.15) is 108 Å². The molecule has 8 nitrogen and oxygen atoms in total. The minimum Gasteiger partial charge on any atom is -0.487 e. The summed E-state index contributed by atoms with van der Waals surface area (Å²) >= 11 is 5.87. The molecule has 2 rings (SSSR count). The van der Waals surface area contributed by atoms with Gasteiger partial charge in [0.15, 0.2) is 6.61 Å². The van der Waals surface area contributed by atoms with Gasteiger partial charge in [-0.2, -0.15) is 13.2 Å². The van der Waals surface area contributed by atoms with Crippen molar-refractivity contribution in [3.63, 3.8) is 0 Å². The standard InChI is InChI=1S/C34H49ClF3N2O6P/c1-2-3-4-5-6-7-8-9-10-11-12-13-14-15-33(41)40-28(24-32(35)47(42,43)44)22-27-16-18-30(19-17-27)45-25-29-23-31(20-21-39-29)46-26-34(36,37)38/h16-21,23-24,28H,2-15,22,25-26H2,1H3,(H,40,41)(H2,42,43,44)/b32-24+/t28-/m1/s1. The molecular formula is C34H49ClF3N2O6P. The minimum atomic E-state index is -4.69. The van der Waals surface area contributed by atoms with Crippen molar-refractivity contribution in [2.45, 2.75) is 122 Å². The highest BCUT2D eigenvalue weighted by molar-refractivity contribution is 7.59. The van der Waals surface area contributed by atoms with Crippen LogP contribution in [0.25, 0.3) is 0 Å². The van der Waals surface area contributed by atoms with E-state index in [-0.39, 0.29) is 24.7 Å². The highest BCUT2D eigenvalue weighted by atomic mass is 35.5. The molecule has 0 spiro atoms. The lowest BCUT2D eigenvalue weighted by Gasteiger charge is -2.17. The van der Waals surface area contributed by atoms with Crippen LogP contribution >= 0.6 is 19.2 Å². The molecule has 0 saturated carbocycles. The third-order valence-electron chi connectivity index (χ3n) is 7.43. The lowest BCUT2D eigenvalue weighted by molar-refractivity contribution is -0.153. The van der Waals surface area contributed by atoms with Crippen LogP contribution in [-0.2, 0) is 22.4 Å². The SMILES string of the molecule is CCCCCCCCCCCCCCCC(=O)N[C@@H](/C=C(\Cl)P(=O)(O)O)Cc1ccc(OCc2cc(OCC(F)(F)F)ccn2)cc1. The van der Waals surface area contributed by atoms with Crippen molar-refractivity contribution >= 4 is 25.1 Å². The van der Waals surface area contributed by atoms with Crippen molar-refractivity contribution in [1.82, 2.24) is 10.3 Å². The van der Waals surface area contributed by atoms with Gasteiger partial charge in [0.05, 0.1) is 11.7 Å². The molecule has 1 aromatic carbocycles. The number of nitrogens with zero attached hydrogens (tertiary/aromatic N) is 1. The largest absolute Gasteiger partial charge is 0.487 e. The number of alkyl halides is 3. The summed E-state index contributed by atoms with van der Waals surface area (Å²) in [4.78, 5) is 35.7. The quantitative estimate of drug-likeness (QED) is 0.0736. The van der Waals surface area contributed by atoms with Crippen LogP contribution in [0.2, 0.25) is 0 Å². The molecule has 0 saturated heterocycles. The number of nitrogens with one attached hydrogen (secondary N) is 1. The first-order valence-corrected chi connectivity index (χ1v) is 18.4. The number of carbonyl (C=O) groups is 1. The summed E-state index contributed by atoms with van der Waals surface area (Å²) in [6.07, 6.45) is 14.2. The number of aromatic nitrogens is 1.